The highest BCUT2D eigenvalue weighted by Crippen LogP contribution is 2.35. The number of alkyl halides is 3. The molecule has 0 spiro atoms. The third-order valence-electron chi connectivity index (χ3n) is 4.46. The average molecular weight is 409 g/mol. The summed E-state index contributed by atoms with van der Waals surface area (Å²) in [6.07, 6.45) is -4.70. The molecule has 9 heteroatoms. The summed E-state index contributed by atoms with van der Waals surface area (Å²) >= 11 is 0. The van der Waals surface area contributed by atoms with Gasteiger partial charge in [-0.15, -0.1) is 0 Å². The Labute approximate surface area is 166 Å². The van der Waals surface area contributed by atoms with E-state index in [0.717, 1.165) is 23.3 Å². The third-order valence-corrected chi connectivity index (χ3v) is 4.46. The van der Waals surface area contributed by atoms with Crippen LogP contribution in [0.2, 0.25) is 0 Å². The minimum Gasteiger partial charge on any atom is -0.368 e. The maximum atomic E-state index is 12.8. The number of aryl methyl sites for hydroxylation is 1. The van der Waals surface area contributed by atoms with Crippen LogP contribution < -0.4 is 10.6 Å². The zero-order valence-corrected chi connectivity index (χ0v) is 16.4. The number of benzene rings is 2. The van der Waals surface area contributed by atoms with E-state index in [2.05, 4.69) is 10.6 Å². The Bertz CT molecular complexity index is 927. The largest absolute Gasteiger partial charge is 0.416 e. The number of para-hydroxylation sites is 1. The highest BCUT2D eigenvalue weighted by atomic mass is 19.4. The SMILES string of the molecule is Cc1cccc(C(C)C)c1NC(=O)[C@H](C)Nc1ccc(C(F)(F)F)cc1[N+](=O)[O-]. The van der Waals surface area contributed by atoms with Crippen LogP contribution in [0.25, 0.3) is 0 Å². The molecule has 2 N–H and O–H groups in total. The number of hydrogen-bond donors (Lipinski definition) is 2. The van der Waals surface area contributed by atoms with Gasteiger partial charge in [0.05, 0.1) is 10.5 Å². The van der Waals surface area contributed by atoms with Crippen LogP contribution in [-0.2, 0) is 11.0 Å². The van der Waals surface area contributed by atoms with Crippen molar-refractivity contribution >= 4 is 23.0 Å². The first-order valence-electron chi connectivity index (χ1n) is 8.94. The van der Waals surface area contributed by atoms with E-state index in [0.29, 0.717) is 11.8 Å². The number of rotatable bonds is 6. The molecule has 6 nitrogen and oxygen atoms in total. The predicted octanol–water partition coefficient (Wildman–Crippen LogP) is 5.48. The van der Waals surface area contributed by atoms with Crippen molar-refractivity contribution in [3.05, 3.63) is 63.2 Å². The second kappa shape index (κ2) is 8.50. The molecule has 0 heterocycles. The normalized spacial score (nSPS) is 12.6. The molecule has 0 aliphatic heterocycles. The fourth-order valence-electron chi connectivity index (χ4n) is 2.85. The first kappa shape index (κ1) is 22.2. The van der Waals surface area contributed by atoms with Gasteiger partial charge >= 0.3 is 6.18 Å². The van der Waals surface area contributed by atoms with Crippen molar-refractivity contribution in [2.24, 2.45) is 0 Å². The van der Waals surface area contributed by atoms with Crippen LogP contribution in [-0.4, -0.2) is 16.9 Å². The number of nitro groups is 1. The predicted molar refractivity (Wildman–Crippen MR) is 105 cm³/mol. The van der Waals surface area contributed by atoms with Gasteiger partial charge in [-0.25, -0.2) is 0 Å². The number of carbonyl (C=O) groups is 1. The van der Waals surface area contributed by atoms with Crippen molar-refractivity contribution in [2.45, 2.75) is 45.8 Å². The molecule has 29 heavy (non-hydrogen) atoms. The van der Waals surface area contributed by atoms with Crippen LogP contribution in [0.1, 0.15) is 43.4 Å². The van der Waals surface area contributed by atoms with Crippen molar-refractivity contribution in [3.63, 3.8) is 0 Å². The lowest BCUT2D eigenvalue weighted by atomic mass is 9.98. The Morgan fingerprint density at radius 2 is 1.79 bits per heavy atom. The molecular formula is C20H22F3N3O3. The molecule has 0 aliphatic carbocycles. The number of carbonyl (C=O) groups excluding carboxylic acids is 1. The van der Waals surface area contributed by atoms with Gasteiger partial charge in [0, 0.05) is 11.8 Å². The molecule has 156 valence electrons. The van der Waals surface area contributed by atoms with Gasteiger partial charge in [0.25, 0.3) is 5.69 Å². The molecule has 1 amide bonds. The molecule has 0 fully saturated rings. The quantitative estimate of drug-likeness (QED) is 0.488. The highest BCUT2D eigenvalue weighted by Gasteiger charge is 2.33. The summed E-state index contributed by atoms with van der Waals surface area (Å²) in [5.41, 5.74) is 0.400. The summed E-state index contributed by atoms with van der Waals surface area (Å²) in [6.45, 7) is 7.29. The Kier molecular flexibility index (Phi) is 6.51. The molecule has 2 aromatic rings. The van der Waals surface area contributed by atoms with Crippen LogP contribution in [0.4, 0.5) is 30.2 Å². The van der Waals surface area contributed by atoms with E-state index < -0.39 is 34.3 Å². The molecule has 0 saturated carbocycles. The summed E-state index contributed by atoms with van der Waals surface area (Å²) < 4.78 is 38.5. The van der Waals surface area contributed by atoms with Crippen LogP contribution in [0.15, 0.2) is 36.4 Å². The molecule has 2 aromatic carbocycles. The molecule has 2 rings (SSSR count). The van der Waals surface area contributed by atoms with Crippen LogP contribution >= 0.6 is 0 Å². The van der Waals surface area contributed by atoms with Crippen molar-refractivity contribution < 1.29 is 22.9 Å². The van der Waals surface area contributed by atoms with Gasteiger partial charge in [-0.1, -0.05) is 32.0 Å². The first-order chi connectivity index (χ1) is 13.4. The van der Waals surface area contributed by atoms with E-state index >= 15 is 0 Å². The van der Waals surface area contributed by atoms with Gasteiger partial charge in [-0.2, -0.15) is 13.2 Å². The average Bonchev–Trinajstić information content (AvgIpc) is 2.62. The van der Waals surface area contributed by atoms with Gasteiger partial charge in [0.15, 0.2) is 0 Å². The summed E-state index contributed by atoms with van der Waals surface area (Å²) in [4.78, 5) is 22.9. The highest BCUT2D eigenvalue weighted by molar-refractivity contribution is 5.97. The summed E-state index contributed by atoms with van der Waals surface area (Å²) in [7, 11) is 0. The number of nitrogens with one attached hydrogen (secondary N) is 2. The van der Waals surface area contributed by atoms with Gasteiger partial charge in [-0.05, 0) is 43.0 Å². The third kappa shape index (κ3) is 5.24. The number of anilines is 2. The molecule has 0 aliphatic rings. The molecule has 0 saturated heterocycles. The molecule has 0 aromatic heterocycles. The van der Waals surface area contributed by atoms with E-state index in [1.807, 2.05) is 39.0 Å². The number of hydrogen-bond acceptors (Lipinski definition) is 4. The van der Waals surface area contributed by atoms with Gasteiger partial charge in [-0.3, -0.25) is 14.9 Å². The van der Waals surface area contributed by atoms with Crippen molar-refractivity contribution in [1.29, 1.82) is 0 Å². The molecule has 0 unspecified atom stereocenters. The Morgan fingerprint density at radius 3 is 2.34 bits per heavy atom. The Hall–Kier alpha value is -3.10. The van der Waals surface area contributed by atoms with E-state index in [9.17, 15) is 28.1 Å². The Balaban J connectivity index is 2.26. The minimum absolute atomic E-state index is 0.157. The van der Waals surface area contributed by atoms with Gasteiger partial charge in [0.2, 0.25) is 5.91 Å². The lowest BCUT2D eigenvalue weighted by Crippen LogP contribution is -2.32. The van der Waals surface area contributed by atoms with Crippen molar-refractivity contribution in [2.75, 3.05) is 10.6 Å². The van der Waals surface area contributed by atoms with E-state index in [1.165, 1.54) is 6.92 Å². The zero-order valence-electron chi connectivity index (χ0n) is 16.4. The molecule has 0 bridgehead atoms. The van der Waals surface area contributed by atoms with Crippen molar-refractivity contribution in [3.8, 4) is 0 Å². The van der Waals surface area contributed by atoms with Gasteiger partial charge in [0.1, 0.15) is 11.7 Å². The maximum absolute atomic E-state index is 12.8. The number of halogens is 3. The first-order valence-corrected chi connectivity index (χ1v) is 8.94. The van der Waals surface area contributed by atoms with Gasteiger partial charge < -0.3 is 10.6 Å². The van der Waals surface area contributed by atoms with E-state index in [4.69, 9.17) is 0 Å². The van der Waals surface area contributed by atoms with Crippen LogP contribution in [0.5, 0.6) is 0 Å². The molecular weight excluding hydrogens is 387 g/mol. The van der Waals surface area contributed by atoms with Crippen LogP contribution in [0.3, 0.4) is 0 Å². The minimum atomic E-state index is -4.70. The summed E-state index contributed by atoms with van der Waals surface area (Å²) in [6, 6.07) is 6.84. The monoisotopic (exact) mass is 409 g/mol. The lowest BCUT2D eigenvalue weighted by molar-refractivity contribution is -0.384. The van der Waals surface area contributed by atoms with E-state index in [-0.39, 0.29) is 11.6 Å². The maximum Gasteiger partial charge on any atom is 0.416 e. The number of nitro benzene ring substituents is 1. The fourth-order valence-corrected chi connectivity index (χ4v) is 2.85. The smallest absolute Gasteiger partial charge is 0.368 e. The summed E-state index contributed by atoms with van der Waals surface area (Å²) in [5, 5.41) is 16.7. The number of amides is 1. The fraction of sp³-hybridized carbons (Fsp3) is 0.350. The van der Waals surface area contributed by atoms with E-state index in [1.54, 1.807) is 0 Å². The second-order valence-electron chi connectivity index (χ2n) is 7.04. The lowest BCUT2D eigenvalue weighted by Gasteiger charge is -2.20. The van der Waals surface area contributed by atoms with Crippen LogP contribution in [0, 0.1) is 17.0 Å². The number of nitrogens with zero attached hydrogens (tertiary/aromatic N) is 1. The standard InChI is InChI=1S/C20H22F3N3O3/c1-11(2)15-7-5-6-12(3)18(15)25-19(27)13(4)24-16-9-8-14(20(21,22)23)10-17(16)26(28)29/h5-11,13,24H,1-4H3,(H,25,27)/t13-/m0/s1. The van der Waals surface area contributed by atoms with Crippen molar-refractivity contribution in [1.82, 2.24) is 0 Å². The zero-order chi connectivity index (χ0) is 21.9. The molecule has 1 atom stereocenters. The molecule has 0 radical (unpaired) electrons. The second-order valence-corrected chi connectivity index (χ2v) is 7.04. The Morgan fingerprint density at radius 1 is 1.14 bits per heavy atom. The topological polar surface area (TPSA) is 84.3 Å². The summed E-state index contributed by atoms with van der Waals surface area (Å²) in [5.74, 6) is -0.306.